The van der Waals surface area contributed by atoms with Gasteiger partial charge in [-0.15, -0.1) is 10.2 Å². The third-order valence-electron chi connectivity index (χ3n) is 5.56. The summed E-state index contributed by atoms with van der Waals surface area (Å²) in [4.78, 5) is 13.3. The fraction of sp³-hybridized carbons (Fsp3) is 0.320. The number of benzene rings is 2. The Morgan fingerprint density at radius 2 is 1.76 bits per heavy atom. The van der Waals surface area contributed by atoms with E-state index in [1.54, 1.807) is 14.2 Å². The van der Waals surface area contributed by atoms with Crippen LogP contribution >= 0.6 is 15.9 Å². The lowest BCUT2D eigenvalue weighted by Gasteiger charge is -2.20. The maximum Gasteiger partial charge on any atom is 0.247 e. The molecule has 2 aromatic carbocycles. The molecule has 2 atom stereocenters. The van der Waals surface area contributed by atoms with Crippen LogP contribution in [0.4, 0.5) is 0 Å². The number of ether oxygens (including phenoxy) is 4. The number of carbonyl (C=O) groups excluding carboxylic acids is 1. The number of aryl methyl sites for hydroxylation is 1. The van der Waals surface area contributed by atoms with Crippen LogP contribution in [0.2, 0.25) is 0 Å². The number of ketones is 1. The van der Waals surface area contributed by atoms with E-state index in [0.717, 1.165) is 16.7 Å². The molecule has 1 aliphatic rings. The van der Waals surface area contributed by atoms with Gasteiger partial charge in [0.25, 0.3) is 0 Å². The lowest BCUT2D eigenvalue weighted by molar-refractivity contribution is -0.136. The van der Waals surface area contributed by atoms with Gasteiger partial charge in [0, 0.05) is 31.1 Å². The first kappa shape index (κ1) is 24.0. The van der Waals surface area contributed by atoms with Crippen LogP contribution in [0.25, 0.3) is 17.2 Å². The summed E-state index contributed by atoms with van der Waals surface area (Å²) in [7, 11) is 4.67. The first-order valence-electron chi connectivity index (χ1n) is 10.8. The summed E-state index contributed by atoms with van der Waals surface area (Å²) in [6.07, 6.45) is 1.57. The monoisotopic (exact) mass is 528 g/mol. The number of aromatic nitrogens is 2. The second kappa shape index (κ2) is 10.4. The summed E-state index contributed by atoms with van der Waals surface area (Å²) in [5.74, 6) is 2.66. The summed E-state index contributed by atoms with van der Waals surface area (Å²) < 4.78 is 28.7. The van der Waals surface area contributed by atoms with Crippen LogP contribution in [0.1, 0.15) is 36.5 Å². The molecule has 2 unspecified atom stereocenters. The first-order valence-corrected chi connectivity index (χ1v) is 11.6. The van der Waals surface area contributed by atoms with Gasteiger partial charge in [0.2, 0.25) is 17.6 Å². The molecular formula is C25H25BrN2O6. The minimum absolute atomic E-state index is 0.163. The van der Waals surface area contributed by atoms with Crippen molar-refractivity contribution in [1.29, 1.82) is 0 Å². The second-order valence-electron chi connectivity index (χ2n) is 7.60. The van der Waals surface area contributed by atoms with Crippen molar-refractivity contribution in [3.05, 3.63) is 64.0 Å². The molecule has 1 aliphatic heterocycles. The zero-order chi connectivity index (χ0) is 24.2. The molecule has 0 amide bonds. The van der Waals surface area contributed by atoms with Gasteiger partial charge >= 0.3 is 0 Å². The Labute approximate surface area is 206 Å². The number of hydrogen-bond donors (Lipinski definition) is 0. The van der Waals surface area contributed by atoms with Crippen molar-refractivity contribution < 1.29 is 28.2 Å². The predicted octanol–water partition coefficient (Wildman–Crippen LogP) is 5.17. The SMILES string of the molecule is CCc1nnc(-c2ccc(C(OC)C(=O)C3CC=C(c4cc(OC)c(Br)c(OC)c4)O3)cc2)o1. The van der Waals surface area contributed by atoms with E-state index in [4.69, 9.17) is 23.4 Å². The fourth-order valence-electron chi connectivity index (χ4n) is 3.73. The quantitative estimate of drug-likeness (QED) is 0.375. The van der Waals surface area contributed by atoms with E-state index in [1.165, 1.54) is 7.11 Å². The Kier molecular flexibility index (Phi) is 7.33. The van der Waals surface area contributed by atoms with Crippen molar-refractivity contribution in [1.82, 2.24) is 10.2 Å². The number of nitrogens with zero attached hydrogens (tertiary/aromatic N) is 2. The Hall–Kier alpha value is -3.17. The van der Waals surface area contributed by atoms with Crippen molar-refractivity contribution in [3.63, 3.8) is 0 Å². The molecule has 9 heteroatoms. The Morgan fingerprint density at radius 1 is 1.09 bits per heavy atom. The van der Waals surface area contributed by atoms with Crippen molar-refractivity contribution in [2.75, 3.05) is 21.3 Å². The maximum atomic E-state index is 13.3. The molecule has 0 saturated carbocycles. The molecule has 0 N–H and O–H groups in total. The molecule has 4 rings (SSSR count). The smallest absolute Gasteiger partial charge is 0.247 e. The van der Waals surface area contributed by atoms with Gasteiger partial charge in [-0.2, -0.15) is 0 Å². The number of Topliss-reactive ketones (excluding diaryl/α,β-unsaturated/α-hetero) is 1. The average molecular weight is 529 g/mol. The largest absolute Gasteiger partial charge is 0.495 e. The highest BCUT2D eigenvalue weighted by atomic mass is 79.9. The third kappa shape index (κ3) is 4.71. The third-order valence-corrected chi connectivity index (χ3v) is 6.34. The van der Waals surface area contributed by atoms with Gasteiger partial charge in [0.05, 0.1) is 14.2 Å². The summed E-state index contributed by atoms with van der Waals surface area (Å²) in [6, 6.07) is 11.0. The van der Waals surface area contributed by atoms with E-state index in [0.29, 0.717) is 46.4 Å². The van der Waals surface area contributed by atoms with Crippen LogP contribution in [-0.2, 0) is 20.7 Å². The lowest BCUT2D eigenvalue weighted by Crippen LogP contribution is -2.27. The zero-order valence-electron chi connectivity index (χ0n) is 19.3. The molecule has 0 saturated heterocycles. The van der Waals surface area contributed by atoms with Crippen LogP contribution in [0.3, 0.4) is 0 Å². The molecule has 0 bridgehead atoms. The number of rotatable bonds is 9. The van der Waals surface area contributed by atoms with Gasteiger partial charge in [-0.05, 0) is 51.8 Å². The molecule has 0 fully saturated rings. The molecule has 3 aromatic rings. The van der Waals surface area contributed by atoms with E-state index < -0.39 is 12.2 Å². The average Bonchev–Trinajstić information content (AvgIpc) is 3.55. The van der Waals surface area contributed by atoms with Crippen molar-refractivity contribution in [2.45, 2.75) is 32.0 Å². The minimum atomic E-state index is -0.769. The molecule has 0 aliphatic carbocycles. The van der Waals surface area contributed by atoms with Crippen molar-refractivity contribution in [2.24, 2.45) is 0 Å². The summed E-state index contributed by atoms with van der Waals surface area (Å²) in [5, 5.41) is 8.04. The van der Waals surface area contributed by atoms with Gasteiger partial charge in [-0.3, -0.25) is 4.79 Å². The Morgan fingerprint density at radius 3 is 2.32 bits per heavy atom. The van der Waals surface area contributed by atoms with E-state index >= 15 is 0 Å². The number of methoxy groups -OCH3 is 3. The molecule has 8 nitrogen and oxygen atoms in total. The standard InChI is InChI=1S/C25H25BrN2O6/c1-5-21-27-28-25(34-21)15-8-6-14(7-9-15)24(32-4)23(29)18-11-10-17(33-18)16-12-19(30-2)22(26)20(13-16)31-3/h6-10,12-13,18,24H,5,11H2,1-4H3. The topological polar surface area (TPSA) is 92.9 Å². The predicted molar refractivity (Wildman–Crippen MR) is 129 cm³/mol. The van der Waals surface area contributed by atoms with E-state index in [-0.39, 0.29) is 5.78 Å². The number of halogens is 1. The number of carbonyl (C=O) groups is 1. The van der Waals surface area contributed by atoms with Crippen LogP contribution in [0.15, 0.2) is 51.4 Å². The Bertz CT molecular complexity index is 1180. The van der Waals surface area contributed by atoms with Gasteiger partial charge in [0.15, 0.2) is 6.10 Å². The highest BCUT2D eigenvalue weighted by Gasteiger charge is 2.33. The van der Waals surface area contributed by atoms with Gasteiger partial charge in [0.1, 0.15) is 27.8 Å². The van der Waals surface area contributed by atoms with Crippen LogP contribution in [-0.4, -0.2) is 43.4 Å². The summed E-state index contributed by atoms with van der Waals surface area (Å²) in [5.41, 5.74) is 2.25. The molecular weight excluding hydrogens is 504 g/mol. The van der Waals surface area contributed by atoms with Crippen LogP contribution < -0.4 is 9.47 Å². The molecule has 2 heterocycles. The lowest BCUT2D eigenvalue weighted by atomic mass is 9.99. The summed E-state index contributed by atoms with van der Waals surface area (Å²) in [6.45, 7) is 1.95. The van der Waals surface area contributed by atoms with Crippen molar-refractivity contribution >= 4 is 27.5 Å². The van der Waals surface area contributed by atoms with E-state index in [9.17, 15) is 4.79 Å². The Balaban J connectivity index is 1.49. The van der Waals surface area contributed by atoms with E-state index in [1.807, 2.05) is 49.4 Å². The zero-order valence-corrected chi connectivity index (χ0v) is 20.9. The van der Waals surface area contributed by atoms with Gasteiger partial charge in [-0.25, -0.2) is 0 Å². The van der Waals surface area contributed by atoms with Crippen LogP contribution in [0, 0.1) is 0 Å². The fourth-order valence-corrected chi connectivity index (χ4v) is 4.29. The minimum Gasteiger partial charge on any atom is -0.495 e. The molecule has 178 valence electrons. The maximum absolute atomic E-state index is 13.3. The normalized spacial score (nSPS) is 16.0. The van der Waals surface area contributed by atoms with Gasteiger partial charge in [-0.1, -0.05) is 19.1 Å². The highest BCUT2D eigenvalue weighted by Crippen LogP contribution is 2.40. The van der Waals surface area contributed by atoms with Gasteiger partial charge < -0.3 is 23.4 Å². The number of hydrogen-bond acceptors (Lipinski definition) is 8. The first-order chi connectivity index (χ1) is 16.5. The van der Waals surface area contributed by atoms with Crippen molar-refractivity contribution in [3.8, 4) is 23.0 Å². The summed E-state index contributed by atoms with van der Waals surface area (Å²) >= 11 is 3.46. The molecule has 34 heavy (non-hydrogen) atoms. The molecule has 1 aromatic heterocycles. The molecule has 0 radical (unpaired) electrons. The van der Waals surface area contributed by atoms with E-state index in [2.05, 4.69) is 26.1 Å². The molecule has 0 spiro atoms. The van der Waals surface area contributed by atoms with Crippen LogP contribution in [0.5, 0.6) is 11.5 Å². The second-order valence-corrected chi connectivity index (χ2v) is 8.39. The highest BCUT2D eigenvalue weighted by molar-refractivity contribution is 9.10.